The minimum atomic E-state index is -0.413. The van der Waals surface area contributed by atoms with Gasteiger partial charge in [-0.25, -0.2) is 0 Å². The van der Waals surface area contributed by atoms with Crippen molar-refractivity contribution in [1.29, 1.82) is 0 Å². The molecule has 0 unspecified atom stereocenters. The normalized spacial score (nSPS) is 11.4. The van der Waals surface area contributed by atoms with Crippen LogP contribution in [0.3, 0.4) is 0 Å². The van der Waals surface area contributed by atoms with Gasteiger partial charge in [0.05, 0.1) is 0 Å². The van der Waals surface area contributed by atoms with Crippen molar-refractivity contribution in [3.05, 3.63) is 53.1 Å². The average Bonchev–Trinajstić information content (AvgIpc) is 2.42. The van der Waals surface area contributed by atoms with Gasteiger partial charge in [-0.15, -0.1) is 0 Å². The molecule has 0 saturated carbocycles. The fourth-order valence-corrected chi connectivity index (χ4v) is 2.20. The van der Waals surface area contributed by atoms with Crippen LogP contribution in [0.5, 0.6) is 0 Å². The Kier molecular flexibility index (Phi) is 4.41. The van der Waals surface area contributed by atoms with Crippen LogP contribution in [0.25, 0.3) is 11.1 Å². The predicted molar refractivity (Wildman–Crippen MR) is 94.2 cm³/mol. The molecule has 0 atom stereocenters. The molecule has 2 aromatic rings. The van der Waals surface area contributed by atoms with Crippen molar-refractivity contribution in [3.63, 3.8) is 0 Å². The van der Waals surface area contributed by atoms with E-state index in [0.717, 1.165) is 16.8 Å². The van der Waals surface area contributed by atoms with Crippen molar-refractivity contribution >= 4 is 11.6 Å². The first-order chi connectivity index (χ1) is 10.2. The summed E-state index contributed by atoms with van der Waals surface area (Å²) in [6, 6.07) is 12.6. The van der Waals surface area contributed by atoms with Gasteiger partial charge in [-0.1, -0.05) is 50.6 Å². The molecule has 0 saturated heterocycles. The van der Waals surface area contributed by atoms with Crippen LogP contribution in [0.4, 0.5) is 5.69 Å². The standard InChI is InChI=1S/C20H25NO/c1-13-7-9-16(10-8-13)17-11-14(2)15(3)12-18(17)21-19(22)20(4,5)6/h7-12H,1-6H3,(H,21,22). The van der Waals surface area contributed by atoms with E-state index in [9.17, 15) is 4.79 Å². The third-order valence-corrected chi connectivity index (χ3v) is 3.93. The van der Waals surface area contributed by atoms with E-state index in [2.05, 4.69) is 62.5 Å². The van der Waals surface area contributed by atoms with Crippen molar-refractivity contribution < 1.29 is 4.79 Å². The second-order valence-corrected chi connectivity index (χ2v) is 7.05. The summed E-state index contributed by atoms with van der Waals surface area (Å²) in [6.07, 6.45) is 0. The SMILES string of the molecule is Cc1ccc(-c2cc(C)c(C)cc2NC(=O)C(C)(C)C)cc1. The molecular formula is C20H25NO. The number of hydrogen-bond acceptors (Lipinski definition) is 1. The predicted octanol–water partition coefficient (Wildman–Crippen LogP) is 5.26. The first-order valence-corrected chi connectivity index (χ1v) is 7.68. The zero-order valence-corrected chi connectivity index (χ0v) is 14.4. The third kappa shape index (κ3) is 3.56. The molecule has 2 heteroatoms. The van der Waals surface area contributed by atoms with Crippen molar-refractivity contribution in [3.8, 4) is 11.1 Å². The maximum absolute atomic E-state index is 12.4. The topological polar surface area (TPSA) is 29.1 Å². The molecule has 0 radical (unpaired) electrons. The van der Waals surface area contributed by atoms with Crippen LogP contribution in [0.1, 0.15) is 37.5 Å². The van der Waals surface area contributed by atoms with E-state index in [1.807, 2.05) is 20.8 Å². The number of nitrogens with one attached hydrogen (secondary N) is 1. The van der Waals surface area contributed by atoms with Gasteiger partial charge in [-0.3, -0.25) is 4.79 Å². The van der Waals surface area contributed by atoms with E-state index in [4.69, 9.17) is 0 Å². The van der Waals surface area contributed by atoms with Crippen LogP contribution in [-0.2, 0) is 4.79 Å². The summed E-state index contributed by atoms with van der Waals surface area (Å²) in [6.45, 7) is 12.0. The van der Waals surface area contributed by atoms with Crippen molar-refractivity contribution in [1.82, 2.24) is 0 Å². The summed E-state index contributed by atoms with van der Waals surface area (Å²) in [5, 5.41) is 3.09. The molecule has 2 rings (SSSR count). The van der Waals surface area contributed by atoms with Crippen LogP contribution in [-0.4, -0.2) is 5.91 Å². The Labute approximate surface area is 133 Å². The number of rotatable bonds is 2. The number of amides is 1. The highest BCUT2D eigenvalue weighted by atomic mass is 16.2. The molecule has 116 valence electrons. The van der Waals surface area contributed by atoms with Crippen molar-refractivity contribution in [2.45, 2.75) is 41.5 Å². The molecule has 0 fully saturated rings. The van der Waals surface area contributed by atoms with Crippen molar-refractivity contribution in [2.75, 3.05) is 5.32 Å². The van der Waals surface area contributed by atoms with E-state index in [-0.39, 0.29) is 5.91 Å². The van der Waals surface area contributed by atoms with Gasteiger partial charge in [0.15, 0.2) is 0 Å². The van der Waals surface area contributed by atoms with Crippen LogP contribution < -0.4 is 5.32 Å². The third-order valence-electron chi connectivity index (χ3n) is 3.93. The second kappa shape index (κ2) is 5.96. The molecular weight excluding hydrogens is 270 g/mol. The molecule has 0 aromatic heterocycles. The zero-order valence-electron chi connectivity index (χ0n) is 14.4. The Morgan fingerprint density at radius 3 is 2.00 bits per heavy atom. The first-order valence-electron chi connectivity index (χ1n) is 7.68. The van der Waals surface area contributed by atoms with E-state index < -0.39 is 5.41 Å². The van der Waals surface area contributed by atoms with Gasteiger partial charge in [0.2, 0.25) is 5.91 Å². The molecule has 22 heavy (non-hydrogen) atoms. The average molecular weight is 295 g/mol. The summed E-state index contributed by atoms with van der Waals surface area (Å²) in [7, 11) is 0. The molecule has 1 N–H and O–H groups in total. The quantitative estimate of drug-likeness (QED) is 0.804. The lowest BCUT2D eigenvalue weighted by molar-refractivity contribution is -0.123. The van der Waals surface area contributed by atoms with Gasteiger partial charge in [0.25, 0.3) is 0 Å². The zero-order chi connectivity index (χ0) is 16.5. The number of anilines is 1. The fraction of sp³-hybridized carbons (Fsp3) is 0.350. The lowest BCUT2D eigenvalue weighted by Crippen LogP contribution is -2.27. The molecule has 0 bridgehead atoms. The molecule has 0 aliphatic rings. The van der Waals surface area contributed by atoms with E-state index in [0.29, 0.717) is 0 Å². The maximum Gasteiger partial charge on any atom is 0.229 e. The minimum Gasteiger partial charge on any atom is -0.325 e. The van der Waals surface area contributed by atoms with Crippen LogP contribution >= 0.6 is 0 Å². The summed E-state index contributed by atoms with van der Waals surface area (Å²) >= 11 is 0. The van der Waals surface area contributed by atoms with E-state index in [1.165, 1.54) is 16.7 Å². The molecule has 0 heterocycles. The van der Waals surface area contributed by atoms with Gasteiger partial charge in [-0.2, -0.15) is 0 Å². The molecule has 1 amide bonds. The lowest BCUT2D eigenvalue weighted by Gasteiger charge is -2.20. The monoisotopic (exact) mass is 295 g/mol. The highest BCUT2D eigenvalue weighted by Gasteiger charge is 2.22. The largest absolute Gasteiger partial charge is 0.325 e. The number of carbonyl (C=O) groups is 1. The molecule has 2 aromatic carbocycles. The maximum atomic E-state index is 12.4. The minimum absolute atomic E-state index is 0.0316. The van der Waals surface area contributed by atoms with Gasteiger partial charge in [0, 0.05) is 16.7 Å². The first kappa shape index (κ1) is 16.3. The van der Waals surface area contributed by atoms with E-state index >= 15 is 0 Å². The van der Waals surface area contributed by atoms with Crippen LogP contribution in [0.2, 0.25) is 0 Å². The summed E-state index contributed by atoms with van der Waals surface area (Å²) in [4.78, 5) is 12.4. The summed E-state index contributed by atoms with van der Waals surface area (Å²) in [5.74, 6) is 0.0316. The Bertz CT molecular complexity index is 691. The Balaban J connectivity index is 2.50. The highest BCUT2D eigenvalue weighted by molar-refractivity contribution is 5.98. The number of aryl methyl sites for hydroxylation is 3. The molecule has 0 aliphatic heterocycles. The van der Waals surface area contributed by atoms with Crippen LogP contribution in [0.15, 0.2) is 36.4 Å². The Hall–Kier alpha value is -2.09. The Morgan fingerprint density at radius 2 is 1.45 bits per heavy atom. The smallest absolute Gasteiger partial charge is 0.229 e. The van der Waals surface area contributed by atoms with Gasteiger partial charge in [0.1, 0.15) is 0 Å². The molecule has 0 aliphatic carbocycles. The number of carbonyl (C=O) groups excluding carboxylic acids is 1. The van der Waals surface area contributed by atoms with E-state index in [1.54, 1.807) is 0 Å². The van der Waals surface area contributed by atoms with Crippen LogP contribution in [0, 0.1) is 26.2 Å². The summed E-state index contributed by atoms with van der Waals surface area (Å²) in [5.41, 5.74) is 6.30. The number of hydrogen-bond donors (Lipinski definition) is 1. The Morgan fingerprint density at radius 1 is 0.909 bits per heavy atom. The van der Waals surface area contributed by atoms with Crippen molar-refractivity contribution in [2.24, 2.45) is 5.41 Å². The highest BCUT2D eigenvalue weighted by Crippen LogP contribution is 2.32. The molecule has 0 spiro atoms. The van der Waals surface area contributed by atoms with Gasteiger partial charge < -0.3 is 5.32 Å². The second-order valence-electron chi connectivity index (χ2n) is 7.05. The van der Waals surface area contributed by atoms with Gasteiger partial charge in [-0.05, 0) is 49.6 Å². The lowest BCUT2D eigenvalue weighted by atomic mass is 9.93. The van der Waals surface area contributed by atoms with Gasteiger partial charge >= 0.3 is 0 Å². The fourth-order valence-electron chi connectivity index (χ4n) is 2.20. The number of benzene rings is 2. The molecule has 2 nitrogen and oxygen atoms in total. The summed E-state index contributed by atoms with van der Waals surface area (Å²) < 4.78 is 0.